The zero-order valence-electron chi connectivity index (χ0n) is 13.4. The molecular weight excluding hydrogens is 362 g/mol. The van der Waals surface area contributed by atoms with Gasteiger partial charge < -0.3 is 10.6 Å². The average molecular weight is 378 g/mol. The first kappa shape index (κ1) is 17.4. The van der Waals surface area contributed by atoms with Crippen molar-refractivity contribution in [2.45, 2.75) is 19.0 Å². The van der Waals surface area contributed by atoms with E-state index in [-0.39, 0.29) is 6.54 Å². The Bertz CT molecular complexity index is 807. The monoisotopic (exact) mass is 377 g/mol. The molecule has 0 spiro atoms. The first-order chi connectivity index (χ1) is 11.9. The molecule has 130 valence electrons. The molecule has 0 saturated carbocycles. The summed E-state index contributed by atoms with van der Waals surface area (Å²) in [4.78, 5) is 37.8. The Hall–Kier alpha value is -2.38. The number of rotatable bonds is 5. The number of hydrogen-bond donors (Lipinski definition) is 2. The van der Waals surface area contributed by atoms with Gasteiger partial charge in [-0.2, -0.15) is 11.3 Å². The topological polar surface area (TPSA) is 78.5 Å². The van der Waals surface area contributed by atoms with Crippen molar-refractivity contribution in [1.82, 2.24) is 15.5 Å². The maximum Gasteiger partial charge on any atom is 0.325 e. The second-order valence-corrected chi connectivity index (χ2v) is 7.08. The van der Waals surface area contributed by atoms with E-state index in [0.717, 1.165) is 10.5 Å². The summed E-state index contributed by atoms with van der Waals surface area (Å²) in [5.74, 6) is -0.842. The van der Waals surface area contributed by atoms with Crippen molar-refractivity contribution in [2.24, 2.45) is 0 Å². The van der Waals surface area contributed by atoms with Crippen LogP contribution in [0.3, 0.4) is 0 Å². The number of benzene rings is 1. The highest BCUT2D eigenvalue weighted by Gasteiger charge is 2.49. The molecule has 1 atom stereocenters. The highest BCUT2D eigenvalue weighted by Crippen LogP contribution is 2.30. The van der Waals surface area contributed by atoms with E-state index < -0.39 is 23.4 Å². The van der Waals surface area contributed by atoms with Gasteiger partial charge in [0.25, 0.3) is 5.91 Å². The number of thiophene rings is 1. The van der Waals surface area contributed by atoms with Crippen LogP contribution in [0.25, 0.3) is 0 Å². The fourth-order valence-electron chi connectivity index (χ4n) is 2.59. The van der Waals surface area contributed by atoms with Gasteiger partial charge in [-0.25, -0.2) is 4.79 Å². The smallest absolute Gasteiger partial charge is 0.325 e. The average Bonchev–Trinajstić information content (AvgIpc) is 3.19. The van der Waals surface area contributed by atoms with Gasteiger partial charge in [0, 0.05) is 11.6 Å². The molecule has 3 rings (SSSR count). The standard InChI is InChI=1S/C17H16ClN3O3S/c1-17(12-6-7-25-10-12)15(23)21(16(24)20-17)9-14(22)19-8-11-2-4-13(18)5-3-11/h2-7,10H,8-9H2,1H3,(H,19,22)(H,20,24). The van der Waals surface area contributed by atoms with Gasteiger partial charge in [0.2, 0.25) is 5.91 Å². The van der Waals surface area contributed by atoms with Crippen LogP contribution >= 0.6 is 22.9 Å². The normalized spacial score (nSPS) is 19.8. The van der Waals surface area contributed by atoms with Crippen LogP contribution in [0.4, 0.5) is 4.79 Å². The fourth-order valence-corrected chi connectivity index (χ4v) is 3.48. The SMILES string of the molecule is CC1(c2ccsc2)NC(=O)N(CC(=O)NCc2ccc(Cl)cc2)C1=O. The largest absolute Gasteiger partial charge is 0.350 e. The van der Waals surface area contributed by atoms with Gasteiger partial charge in [0.05, 0.1) is 0 Å². The van der Waals surface area contributed by atoms with Crippen molar-refractivity contribution in [1.29, 1.82) is 0 Å². The summed E-state index contributed by atoms with van der Waals surface area (Å²) in [7, 11) is 0. The molecule has 1 aliphatic heterocycles. The van der Waals surface area contributed by atoms with Crippen LogP contribution in [0.5, 0.6) is 0 Å². The van der Waals surface area contributed by atoms with Gasteiger partial charge in [-0.05, 0) is 47.0 Å². The number of hydrogen-bond acceptors (Lipinski definition) is 4. The maximum absolute atomic E-state index is 12.6. The Morgan fingerprint density at radius 3 is 2.64 bits per heavy atom. The molecule has 2 heterocycles. The van der Waals surface area contributed by atoms with Crippen molar-refractivity contribution >= 4 is 40.8 Å². The van der Waals surface area contributed by atoms with Gasteiger partial charge in [0.1, 0.15) is 12.1 Å². The van der Waals surface area contributed by atoms with Crippen LogP contribution in [0, 0.1) is 0 Å². The summed E-state index contributed by atoms with van der Waals surface area (Å²) in [5.41, 5.74) is 0.450. The summed E-state index contributed by atoms with van der Waals surface area (Å²) in [6.45, 7) is 1.61. The number of nitrogens with zero attached hydrogens (tertiary/aromatic N) is 1. The predicted octanol–water partition coefficient (Wildman–Crippen LogP) is 2.48. The van der Waals surface area contributed by atoms with Crippen LogP contribution in [0.1, 0.15) is 18.1 Å². The van der Waals surface area contributed by atoms with Crippen molar-refractivity contribution < 1.29 is 14.4 Å². The van der Waals surface area contributed by atoms with Crippen LogP contribution < -0.4 is 10.6 Å². The molecule has 1 aromatic heterocycles. The van der Waals surface area contributed by atoms with Gasteiger partial charge in [-0.15, -0.1) is 0 Å². The Morgan fingerprint density at radius 2 is 2.00 bits per heavy atom. The number of halogens is 1. The second-order valence-electron chi connectivity index (χ2n) is 5.86. The van der Waals surface area contributed by atoms with Gasteiger partial charge in [-0.1, -0.05) is 23.7 Å². The molecule has 1 saturated heterocycles. The van der Waals surface area contributed by atoms with Crippen LogP contribution in [-0.2, 0) is 21.7 Å². The molecule has 25 heavy (non-hydrogen) atoms. The molecule has 0 bridgehead atoms. The van der Waals surface area contributed by atoms with E-state index in [1.54, 1.807) is 37.3 Å². The molecule has 0 aliphatic carbocycles. The lowest BCUT2D eigenvalue weighted by Crippen LogP contribution is -2.43. The molecule has 4 amide bonds. The van der Waals surface area contributed by atoms with Crippen molar-refractivity contribution in [3.05, 3.63) is 57.2 Å². The number of nitrogens with one attached hydrogen (secondary N) is 2. The Balaban J connectivity index is 1.62. The minimum atomic E-state index is -1.13. The first-order valence-electron chi connectivity index (χ1n) is 7.58. The number of urea groups is 1. The van der Waals surface area contributed by atoms with Crippen molar-refractivity contribution in [2.75, 3.05) is 6.54 Å². The van der Waals surface area contributed by atoms with E-state index in [2.05, 4.69) is 10.6 Å². The Kier molecular flexibility index (Phi) is 4.78. The van der Waals surface area contributed by atoms with Crippen molar-refractivity contribution in [3.63, 3.8) is 0 Å². The lowest BCUT2D eigenvalue weighted by molar-refractivity contribution is -0.134. The lowest BCUT2D eigenvalue weighted by atomic mass is 9.95. The van der Waals surface area contributed by atoms with Gasteiger partial charge in [0.15, 0.2) is 0 Å². The van der Waals surface area contributed by atoms with E-state index in [1.807, 2.05) is 10.8 Å². The fraction of sp³-hybridized carbons (Fsp3) is 0.235. The van der Waals surface area contributed by atoms with Crippen LogP contribution in [0.15, 0.2) is 41.1 Å². The highest BCUT2D eigenvalue weighted by molar-refractivity contribution is 7.08. The molecule has 6 nitrogen and oxygen atoms in total. The van der Waals surface area contributed by atoms with Crippen LogP contribution in [0.2, 0.25) is 5.02 Å². The zero-order chi connectivity index (χ0) is 18.0. The molecule has 0 radical (unpaired) electrons. The summed E-state index contributed by atoms with van der Waals surface area (Å²) in [6.07, 6.45) is 0. The molecule has 1 unspecified atom stereocenters. The zero-order valence-corrected chi connectivity index (χ0v) is 15.0. The third kappa shape index (κ3) is 3.52. The van der Waals surface area contributed by atoms with E-state index in [9.17, 15) is 14.4 Å². The number of carbonyl (C=O) groups is 3. The third-order valence-corrected chi connectivity index (χ3v) is 5.01. The summed E-state index contributed by atoms with van der Waals surface area (Å²) >= 11 is 7.25. The third-order valence-electron chi connectivity index (χ3n) is 4.08. The maximum atomic E-state index is 12.6. The quantitative estimate of drug-likeness (QED) is 0.786. The van der Waals surface area contributed by atoms with E-state index >= 15 is 0 Å². The summed E-state index contributed by atoms with van der Waals surface area (Å²) < 4.78 is 0. The van der Waals surface area contributed by atoms with Gasteiger partial charge >= 0.3 is 6.03 Å². The van der Waals surface area contributed by atoms with Crippen LogP contribution in [-0.4, -0.2) is 29.3 Å². The first-order valence-corrected chi connectivity index (χ1v) is 8.90. The second kappa shape index (κ2) is 6.85. The van der Waals surface area contributed by atoms with E-state index in [4.69, 9.17) is 11.6 Å². The minimum absolute atomic E-state index is 0.293. The number of amides is 4. The molecule has 1 aliphatic rings. The number of carbonyl (C=O) groups excluding carboxylic acids is 3. The molecule has 1 aromatic carbocycles. The van der Waals surface area contributed by atoms with Crippen molar-refractivity contribution in [3.8, 4) is 0 Å². The minimum Gasteiger partial charge on any atom is -0.350 e. The van der Waals surface area contributed by atoms with Gasteiger partial charge in [-0.3, -0.25) is 14.5 Å². The highest BCUT2D eigenvalue weighted by atomic mass is 35.5. The molecular formula is C17H16ClN3O3S. The Labute approximate surface area is 153 Å². The lowest BCUT2D eigenvalue weighted by Gasteiger charge is -2.20. The molecule has 2 aromatic rings. The summed E-state index contributed by atoms with van der Waals surface area (Å²) in [6, 6.07) is 8.26. The Morgan fingerprint density at radius 1 is 1.28 bits per heavy atom. The number of imide groups is 1. The van der Waals surface area contributed by atoms with E-state index in [1.165, 1.54) is 11.3 Å². The molecule has 1 fully saturated rings. The molecule has 2 N–H and O–H groups in total. The molecule has 8 heteroatoms. The predicted molar refractivity (Wildman–Crippen MR) is 95.2 cm³/mol. The van der Waals surface area contributed by atoms with E-state index in [0.29, 0.717) is 17.1 Å². The summed E-state index contributed by atoms with van der Waals surface area (Å²) in [5, 5.41) is 9.62.